The van der Waals surface area contributed by atoms with Crippen LogP contribution in [0.1, 0.15) is 5.56 Å². The van der Waals surface area contributed by atoms with Crippen LogP contribution in [0, 0.1) is 14.9 Å². The summed E-state index contributed by atoms with van der Waals surface area (Å²) in [6.45, 7) is 0. The maximum atomic E-state index is 12.1. The van der Waals surface area contributed by atoms with Gasteiger partial charge < -0.3 is 4.18 Å². The molecule has 0 aliphatic heterocycles. The van der Waals surface area contributed by atoms with Gasteiger partial charge in [0.05, 0.1) is 15.2 Å². The molecular weight excluding hydrogens is 413 g/mol. The first kappa shape index (κ1) is 15.1. The first-order chi connectivity index (χ1) is 9.42. The monoisotopic (exact) mass is 419 g/mol. The van der Waals surface area contributed by atoms with Crippen molar-refractivity contribution < 1.29 is 12.6 Å². The molecule has 0 atom stereocenters. The zero-order chi connectivity index (χ0) is 14.8. The van der Waals surface area contributed by atoms with Crippen molar-refractivity contribution in [2.24, 2.45) is 0 Å². The van der Waals surface area contributed by atoms with Gasteiger partial charge in [-0.2, -0.15) is 13.7 Å². The molecule has 0 saturated carbocycles. The van der Waals surface area contributed by atoms with Crippen molar-refractivity contribution in [1.82, 2.24) is 0 Å². The molecule has 2 aromatic rings. The Balaban J connectivity index is 2.34. The highest BCUT2D eigenvalue weighted by Gasteiger charge is 2.18. The molecule has 0 bridgehead atoms. The van der Waals surface area contributed by atoms with E-state index in [0.29, 0.717) is 14.2 Å². The van der Waals surface area contributed by atoms with E-state index in [-0.39, 0.29) is 10.6 Å². The Kier molecular flexibility index (Phi) is 4.52. The normalized spacial score (nSPS) is 10.8. The number of benzene rings is 2. The van der Waals surface area contributed by atoms with Crippen molar-refractivity contribution in [2.75, 3.05) is 0 Å². The van der Waals surface area contributed by atoms with Gasteiger partial charge in [0.1, 0.15) is 4.90 Å². The van der Waals surface area contributed by atoms with E-state index in [1.165, 1.54) is 36.4 Å². The van der Waals surface area contributed by atoms with Crippen LogP contribution in [-0.2, 0) is 10.1 Å². The molecule has 4 nitrogen and oxygen atoms in total. The lowest BCUT2D eigenvalue weighted by Crippen LogP contribution is -2.10. The molecule has 0 saturated heterocycles. The molecule has 0 aliphatic rings. The van der Waals surface area contributed by atoms with Gasteiger partial charge in [0.2, 0.25) is 0 Å². The van der Waals surface area contributed by atoms with Gasteiger partial charge in [0.25, 0.3) is 0 Å². The van der Waals surface area contributed by atoms with Crippen molar-refractivity contribution in [3.8, 4) is 11.8 Å². The van der Waals surface area contributed by atoms with Crippen LogP contribution in [0.4, 0.5) is 0 Å². The van der Waals surface area contributed by atoms with Gasteiger partial charge in [-0.25, -0.2) is 0 Å². The molecule has 0 amide bonds. The Morgan fingerprint density at radius 1 is 1.15 bits per heavy atom. The fourth-order valence-electron chi connectivity index (χ4n) is 1.41. The third-order valence-corrected chi connectivity index (χ3v) is 4.71. The highest BCUT2D eigenvalue weighted by atomic mass is 127. The van der Waals surface area contributed by atoms with E-state index < -0.39 is 10.1 Å². The lowest BCUT2D eigenvalue weighted by molar-refractivity contribution is 0.484. The van der Waals surface area contributed by atoms with E-state index in [0.717, 1.165) is 0 Å². The molecule has 0 aromatic heterocycles. The maximum absolute atomic E-state index is 12.1. The van der Waals surface area contributed by atoms with Gasteiger partial charge in [0, 0.05) is 5.02 Å². The summed E-state index contributed by atoms with van der Waals surface area (Å²) in [6.07, 6.45) is 0. The summed E-state index contributed by atoms with van der Waals surface area (Å²) < 4.78 is 29.8. The molecule has 0 radical (unpaired) electrons. The molecule has 0 unspecified atom stereocenters. The van der Waals surface area contributed by atoms with E-state index in [1.807, 2.05) is 28.7 Å². The van der Waals surface area contributed by atoms with Crippen LogP contribution in [0.25, 0.3) is 0 Å². The number of nitrogens with zero attached hydrogens (tertiary/aromatic N) is 1. The van der Waals surface area contributed by atoms with Crippen molar-refractivity contribution in [1.29, 1.82) is 5.26 Å². The standard InChI is InChI=1S/C13H7ClINO3S/c14-10-2-4-11(5-3-10)20(17,18)19-13-6-1-9(8-16)7-12(13)15/h1-7H. The third kappa shape index (κ3) is 3.42. The molecule has 2 rings (SSSR count). The van der Waals surface area contributed by atoms with Crippen molar-refractivity contribution in [3.05, 3.63) is 56.6 Å². The SMILES string of the molecule is N#Cc1ccc(OS(=O)(=O)c2ccc(Cl)cc2)c(I)c1. The van der Waals surface area contributed by atoms with Gasteiger partial charge >= 0.3 is 10.1 Å². The highest BCUT2D eigenvalue weighted by molar-refractivity contribution is 14.1. The van der Waals surface area contributed by atoms with Crippen LogP contribution < -0.4 is 4.18 Å². The van der Waals surface area contributed by atoms with Crippen LogP contribution in [0.15, 0.2) is 47.4 Å². The van der Waals surface area contributed by atoms with E-state index in [4.69, 9.17) is 21.0 Å². The second-order valence-electron chi connectivity index (χ2n) is 3.75. The number of nitriles is 1. The van der Waals surface area contributed by atoms with Crippen LogP contribution in [0.3, 0.4) is 0 Å². The van der Waals surface area contributed by atoms with Gasteiger partial charge in [-0.1, -0.05) is 11.6 Å². The second kappa shape index (κ2) is 5.99. The largest absolute Gasteiger partial charge is 0.378 e. The molecular formula is C13H7ClINO3S. The first-order valence-electron chi connectivity index (χ1n) is 5.32. The fourth-order valence-corrected chi connectivity index (χ4v) is 3.25. The molecule has 20 heavy (non-hydrogen) atoms. The lowest BCUT2D eigenvalue weighted by Gasteiger charge is -2.08. The van der Waals surface area contributed by atoms with Crippen molar-refractivity contribution >= 4 is 44.3 Å². The predicted octanol–water partition coefficient (Wildman–Crippen LogP) is 3.58. The molecule has 2 aromatic carbocycles. The Labute approximate surface area is 135 Å². The van der Waals surface area contributed by atoms with Crippen LogP contribution in [0.5, 0.6) is 5.75 Å². The van der Waals surface area contributed by atoms with E-state index in [2.05, 4.69) is 0 Å². The summed E-state index contributed by atoms with van der Waals surface area (Å²) in [5, 5.41) is 9.21. The third-order valence-electron chi connectivity index (χ3n) is 2.36. The zero-order valence-corrected chi connectivity index (χ0v) is 13.6. The average molecular weight is 420 g/mol. The summed E-state index contributed by atoms with van der Waals surface area (Å²) in [5.41, 5.74) is 0.436. The Hall–Kier alpha value is -1.30. The summed E-state index contributed by atoms with van der Waals surface area (Å²) in [6, 6.07) is 12.2. The molecule has 0 N–H and O–H groups in total. The minimum absolute atomic E-state index is 0.0158. The first-order valence-corrected chi connectivity index (χ1v) is 8.18. The van der Waals surface area contributed by atoms with Crippen LogP contribution in [-0.4, -0.2) is 8.42 Å². The quantitative estimate of drug-likeness (QED) is 0.563. The summed E-state index contributed by atoms with van der Waals surface area (Å²) in [5.74, 6) is 0.180. The van der Waals surface area contributed by atoms with E-state index in [1.54, 1.807) is 6.07 Å². The molecule has 0 heterocycles. The summed E-state index contributed by atoms with van der Waals surface area (Å²) in [4.78, 5) is 0.0158. The van der Waals surface area contributed by atoms with Crippen molar-refractivity contribution in [2.45, 2.75) is 4.90 Å². The number of rotatable bonds is 3. The summed E-state index contributed by atoms with van der Waals surface area (Å²) >= 11 is 7.63. The highest BCUT2D eigenvalue weighted by Crippen LogP contribution is 2.26. The minimum atomic E-state index is -3.92. The fraction of sp³-hybridized carbons (Fsp3) is 0. The Morgan fingerprint density at radius 3 is 2.35 bits per heavy atom. The lowest BCUT2D eigenvalue weighted by atomic mass is 10.2. The van der Waals surface area contributed by atoms with Gasteiger partial charge in [0.15, 0.2) is 5.75 Å². The smallest absolute Gasteiger partial charge is 0.339 e. The molecule has 102 valence electrons. The second-order valence-corrected chi connectivity index (χ2v) is 6.89. The zero-order valence-electron chi connectivity index (χ0n) is 9.88. The topological polar surface area (TPSA) is 67.2 Å². The molecule has 0 spiro atoms. The maximum Gasteiger partial charge on any atom is 0.339 e. The average Bonchev–Trinajstić information content (AvgIpc) is 2.41. The van der Waals surface area contributed by atoms with Gasteiger partial charge in [-0.05, 0) is 65.1 Å². The van der Waals surface area contributed by atoms with Crippen LogP contribution >= 0.6 is 34.2 Å². The molecule has 0 aliphatic carbocycles. The minimum Gasteiger partial charge on any atom is -0.378 e. The van der Waals surface area contributed by atoms with Gasteiger partial charge in [-0.3, -0.25) is 0 Å². The molecule has 7 heteroatoms. The van der Waals surface area contributed by atoms with E-state index >= 15 is 0 Å². The van der Waals surface area contributed by atoms with Crippen LogP contribution in [0.2, 0.25) is 5.02 Å². The Bertz CT molecular complexity index is 782. The predicted molar refractivity (Wildman–Crippen MR) is 83.1 cm³/mol. The van der Waals surface area contributed by atoms with Gasteiger partial charge in [-0.15, -0.1) is 0 Å². The Morgan fingerprint density at radius 2 is 1.80 bits per heavy atom. The number of hydrogen-bond acceptors (Lipinski definition) is 4. The molecule has 0 fully saturated rings. The van der Waals surface area contributed by atoms with Crippen molar-refractivity contribution in [3.63, 3.8) is 0 Å². The number of halogens is 2. The summed E-state index contributed by atoms with van der Waals surface area (Å²) in [7, 11) is -3.92. The number of hydrogen-bond donors (Lipinski definition) is 0. The van der Waals surface area contributed by atoms with E-state index in [9.17, 15) is 8.42 Å².